The fourth-order valence-corrected chi connectivity index (χ4v) is 4.55. The molecule has 32 heavy (non-hydrogen) atoms. The quantitative estimate of drug-likeness (QED) is 0.383. The average Bonchev–Trinajstić information content (AvgIpc) is 3.21. The second-order valence-electron chi connectivity index (χ2n) is 7.64. The molecule has 1 aliphatic rings. The predicted molar refractivity (Wildman–Crippen MR) is 130 cm³/mol. The number of nitrogens with one attached hydrogen (secondary N) is 1. The summed E-state index contributed by atoms with van der Waals surface area (Å²) in [6.45, 7) is 0. The second-order valence-corrected chi connectivity index (χ2v) is 8.67. The summed E-state index contributed by atoms with van der Waals surface area (Å²) in [7, 11) is 1.66. The summed E-state index contributed by atoms with van der Waals surface area (Å²) in [5.41, 5.74) is 8.62. The minimum atomic E-state index is 0.0359. The molecule has 4 N–H and O–H groups in total. The Morgan fingerprint density at radius 2 is 1.94 bits per heavy atom. The van der Waals surface area contributed by atoms with E-state index >= 15 is 0 Å². The molecular weight excluding hydrogens is 422 g/mol. The van der Waals surface area contributed by atoms with E-state index in [0.717, 1.165) is 45.1 Å². The van der Waals surface area contributed by atoms with E-state index < -0.39 is 0 Å². The van der Waals surface area contributed by atoms with Crippen molar-refractivity contribution < 1.29 is 9.84 Å². The minimum absolute atomic E-state index is 0.0359. The molecule has 3 aromatic heterocycles. The largest absolute Gasteiger partial charge is 0.496 e. The van der Waals surface area contributed by atoms with Crippen LogP contribution in [0.2, 0.25) is 0 Å². The van der Waals surface area contributed by atoms with E-state index in [1.165, 1.54) is 19.3 Å². The topological polar surface area (TPSA) is 106 Å². The summed E-state index contributed by atoms with van der Waals surface area (Å²) in [4.78, 5) is 13.0. The third-order valence-electron chi connectivity index (χ3n) is 5.28. The number of methoxy groups -OCH3 is 1. The Balaban J connectivity index is 0.000000300. The number of aliphatic hydroxyl groups is 1. The lowest BCUT2D eigenvalue weighted by Crippen LogP contribution is -2.09. The molecule has 0 unspecified atom stereocenters. The Hall–Kier alpha value is -3.23. The predicted octanol–water partition coefficient (Wildman–Crippen LogP) is 5.40. The first-order chi connectivity index (χ1) is 15.6. The summed E-state index contributed by atoms with van der Waals surface area (Å²) >= 11 is 1.56. The first kappa shape index (κ1) is 22.0. The summed E-state index contributed by atoms with van der Waals surface area (Å²) in [6.07, 6.45) is 9.44. The van der Waals surface area contributed by atoms with Crippen molar-refractivity contribution >= 4 is 38.3 Å². The van der Waals surface area contributed by atoms with Gasteiger partial charge < -0.3 is 20.9 Å². The van der Waals surface area contributed by atoms with Gasteiger partial charge in [-0.25, -0.2) is 9.97 Å². The Bertz CT molecular complexity index is 1170. The molecule has 7 nitrogen and oxygen atoms in total. The third-order valence-corrected chi connectivity index (χ3v) is 6.21. The van der Waals surface area contributed by atoms with Gasteiger partial charge in [-0.05, 0) is 48.7 Å². The molecule has 0 saturated heterocycles. The van der Waals surface area contributed by atoms with Crippen LogP contribution in [-0.2, 0) is 0 Å². The van der Waals surface area contributed by atoms with Crippen LogP contribution in [0.25, 0.3) is 21.3 Å². The van der Waals surface area contributed by atoms with Gasteiger partial charge >= 0.3 is 0 Å². The molecule has 1 saturated carbocycles. The van der Waals surface area contributed by atoms with Crippen LogP contribution in [0.1, 0.15) is 32.1 Å². The molecule has 0 atom stereocenters. The lowest BCUT2D eigenvalue weighted by atomic mass is 9.98. The Labute approximate surface area is 191 Å². The standard InChI is InChI=1S/C18H15N5OS.C6H12O/c1-24-14-7-8-20-10-12(14)11-5-6-13-15(9-11)25-18(21-13)23-17-4-2-3-16(19)22-17;7-6-4-2-1-3-5-6/h2-10H,1H3,(H3,19,21,22,23);6-7H,1-5H2. The number of nitrogens with two attached hydrogens (primary N) is 1. The van der Waals surface area contributed by atoms with E-state index in [4.69, 9.17) is 15.6 Å². The number of fused-ring (bicyclic) bond motifs is 1. The molecule has 166 valence electrons. The van der Waals surface area contributed by atoms with Gasteiger partial charge in [0.05, 0.1) is 23.4 Å². The summed E-state index contributed by atoms with van der Waals surface area (Å²) in [6, 6.07) is 13.4. The first-order valence-electron chi connectivity index (χ1n) is 10.7. The molecule has 4 aromatic rings. The number of anilines is 3. The molecule has 1 aromatic carbocycles. The van der Waals surface area contributed by atoms with Crippen molar-refractivity contribution in [3.8, 4) is 16.9 Å². The number of aromatic nitrogens is 3. The van der Waals surface area contributed by atoms with Gasteiger partial charge in [-0.1, -0.05) is 42.7 Å². The fourth-order valence-electron chi connectivity index (χ4n) is 3.63. The van der Waals surface area contributed by atoms with Gasteiger partial charge in [0.2, 0.25) is 0 Å². The molecular formula is C24H27N5O2S. The maximum Gasteiger partial charge on any atom is 0.189 e. The van der Waals surface area contributed by atoms with Crippen molar-refractivity contribution in [2.45, 2.75) is 38.2 Å². The molecule has 1 fully saturated rings. The molecule has 0 aliphatic heterocycles. The molecule has 0 radical (unpaired) electrons. The summed E-state index contributed by atoms with van der Waals surface area (Å²) in [5.74, 6) is 1.94. The number of nitrogens with zero attached hydrogens (tertiary/aromatic N) is 3. The van der Waals surface area contributed by atoms with Gasteiger partial charge in [-0.2, -0.15) is 0 Å². The van der Waals surface area contributed by atoms with Gasteiger partial charge in [-0.15, -0.1) is 0 Å². The van der Waals surface area contributed by atoms with E-state index in [9.17, 15) is 0 Å². The number of pyridine rings is 2. The number of thiazole rings is 1. The van der Waals surface area contributed by atoms with Crippen molar-refractivity contribution in [2.24, 2.45) is 0 Å². The molecule has 5 rings (SSSR count). The highest BCUT2D eigenvalue weighted by molar-refractivity contribution is 7.22. The highest BCUT2D eigenvalue weighted by Gasteiger charge is 2.10. The molecule has 0 amide bonds. The van der Waals surface area contributed by atoms with Crippen molar-refractivity contribution in [1.29, 1.82) is 0 Å². The van der Waals surface area contributed by atoms with Crippen molar-refractivity contribution in [2.75, 3.05) is 18.2 Å². The lowest BCUT2D eigenvalue weighted by molar-refractivity contribution is 0.130. The number of nitrogen functional groups attached to an aromatic ring is 1. The normalized spacial score (nSPS) is 13.9. The van der Waals surface area contributed by atoms with Crippen LogP contribution in [0.5, 0.6) is 5.75 Å². The zero-order chi connectivity index (χ0) is 22.3. The monoisotopic (exact) mass is 449 g/mol. The zero-order valence-electron chi connectivity index (χ0n) is 18.0. The van der Waals surface area contributed by atoms with E-state index in [2.05, 4.69) is 26.3 Å². The maximum absolute atomic E-state index is 8.91. The summed E-state index contributed by atoms with van der Waals surface area (Å²) in [5, 5.41) is 12.9. The van der Waals surface area contributed by atoms with E-state index in [-0.39, 0.29) is 6.10 Å². The molecule has 1 aliphatic carbocycles. The maximum atomic E-state index is 8.91. The van der Waals surface area contributed by atoms with Crippen LogP contribution in [0.15, 0.2) is 54.9 Å². The smallest absolute Gasteiger partial charge is 0.189 e. The van der Waals surface area contributed by atoms with Crippen molar-refractivity contribution in [3.05, 3.63) is 54.9 Å². The fraction of sp³-hybridized carbons (Fsp3) is 0.292. The Morgan fingerprint density at radius 1 is 1.09 bits per heavy atom. The van der Waals surface area contributed by atoms with E-state index in [0.29, 0.717) is 11.6 Å². The Kier molecular flexibility index (Phi) is 7.14. The zero-order valence-corrected chi connectivity index (χ0v) is 18.8. The number of benzene rings is 1. The number of rotatable bonds is 4. The highest BCUT2D eigenvalue weighted by Crippen LogP contribution is 2.34. The highest BCUT2D eigenvalue weighted by atomic mass is 32.1. The number of hydrogen-bond acceptors (Lipinski definition) is 8. The van der Waals surface area contributed by atoms with Crippen LogP contribution < -0.4 is 15.8 Å². The van der Waals surface area contributed by atoms with Crippen LogP contribution in [0, 0.1) is 0 Å². The first-order valence-corrected chi connectivity index (χ1v) is 11.5. The summed E-state index contributed by atoms with van der Waals surface area (Å²) < 4.78 is 6.49. The van der Waals surface area contributed by atoms with Crippen LogP contribution in [0.3, 0.4) is 0 Å². The van der Waals surface area contributed by atoms with Crippen molar-refractivity contribution in [3.63, 3.8) is 0 Å². The van der Waals surface area contributed by atoms with Gasteiger partial charge in [-0.3, -0.25) is 4.98 Å². The number of aliphatic hydroxyl groups excluding tert-OH is 1. The number of ether oxygens (including phenoxy) is 1. The second kappa shape index (κ2) is 10.4. The lowest BCUT2D eigenvalue weighted by Gasteiger charge is -2.14. The van der Waals surface area contributed by atoms with Crippen LogP contribution in [0.4, 0.5) is 16.8 Å². The van der Waals surface area contributed by atoms with E-state index in [1.807, 2.05) is 30.3 Å². The van der Waals surface area contributed by atoms with Crippen LogP contribution in [-0.4, -0.2) is 33.3 Å². The SMILES string of the molecule is COc1ccncc1-c1ccc2nc(Nc3cccc(N)n3)sc2c1.OC1CCCCC1. The molecule has 3 heterocycles. The average molecular weight is 450 g/mol. The molecule has 0 spiro atoms. The third kappa shape index (κ3) is 5.52. The van der Waals surface area contributed by atoms with Gasteiger partial charge in [0.25, 0.3) is 0 Å². The van der Waals surface area contributed by atoms with Gasteiger partial charge in [0.1, 0.15) is 17.4 Å². The van der Waals surface area contributed by atoms with Gasteiger partial charge in [0.15, 0.2) is 5.13 Å². The molecule has 0 bridgehead atoms. The van der Waals surface area contributed by atoms with Crippen molar-refractivity contribution in [1.82, 2.24) is 15.0 Å². The van der Waals surface area contributed by atoms with Crippen LogP contribution >= 0.6 is 11.3 Å². The van der Waals surface area contributed by atoms with Gasteiger partial charge in [0, 0.05) is 18.0 Å². The molecule has 8 heteroatoms. The Morgan fingerprint density at radius 3 is 2.66 bits per heavy atom. The van der Waals surface area contributed by atoms with E-state index in [1.54, 1.807) is 36.9 Å². The minimum Gasteiger partial charge on any atom is -0.496 e. The number of hydrogen-bond donors (Lipinski definition) is 3.